The van der Waals surface area contributed by atoms with Crippen molar-refractivity contribution in [1.82, 2.24) is 14.5 Å². The van der Waals surface area contributed by atoms with Gasteiger partial charge in [-0.2, -0.15) is 0 Å². The maximum absolute atomic E-state index is 4.88. The number of aliphatic imine (C=N–C) groups is 1. The first kappa shape index (κ1) is 21.3. The monoisotopic (exact) mass is 412 g/mol. The van der Waals surface area contributed by atoms with E-state index in [1.165, 1.54) is 27.4 Å². The molecule has 4 nitrogen and oxygen atoms in total. The highest BCUT2D eigenvalue weighted by molar-refractivity contribution is 6.09. The summed E-state index contributed by atoms with van der Waals surface area (Å²) in [5.41, 5.74) is 5.95. The Morgan fingerprint density at radius 1 is 0.968 bits per heavy atom. The Morgan fingerprint density at radius 3 is 2.55 bits per heavy atom. The van der Waals surface area contributed by atoms with Crippen LogP contribution in [-0.4, -0.2) is 47.9 Å². The van der Waals surface area contributed by atoms with Crippen molar-refractivity contribution < 1.29 is 0 Å². The molecule has 0 aliphatic rings. The number of hydrogen-bond acceptors (Lipinski definition) is 3. The van der Waals surface area contributed by atoms with Gasteiger partial charge in [-0.05, 0) is 64.5 Å². The number of nitrogens with zero attached hydrogens (tertiary/aromatic N) is 4. The third-order valence-electron chi connectivity index (χ3n) is 5.75. The molecule has 0 spiro atoms. The van der Waals surface area contributed by atoms with Gasteiger partial charge in [-0.3, -0.25) is 4.99 Å². The van der Waals surface area contributed by atoms with E-state index in [1.807, 2.05) is 6.21 Å². The van der Waals surface area contributed by atoms with E-state index in [4.69, 9.17) is 4.98 Å². The first-order valence-corrected chi connectivity index (χ1v) is 11.2. The van der Waals surface area contributed by atoms with E-state index in [9.17, 15) is 0 Å². The van der Waals surface area contributed by atoms with Crippen molar-refractivity contribution in [2.75, 3.05) is 27.2 Å². The molecule has 160 valence electrons. The Labute approximate surface area is 185 Å². The van der Waals surface area contributed by atoms with Gasteiger partial charge < -0.3 is 9.47 Å². The van der Waals surface area contributed by atoms with E-state index in [2.05, 4.69) is 96.1 Å². The Bertz CT molecular complexity index is 1170. The maximum atomic E-state index is 4.88. The smallest absolute Gasteiger partial charge is 0.0818 e. The fraction of sp³-hybridized carbons (Fsp3) is 0.333. The second-order valence-electron chi connectivity index (χ2n) is 8.48. The summed E-state index contributed by atoms with van der Waals surface area (Å²) < 4.78 is 2.45. The number of pyridine rings is 1. The fourth-order valence-corrected chi connectivity index (χ4v) is 4.31. The van der Waals surface area contributed by atoms with Crippen LogP contribution in [0.5, 0.6) is 0 Å². The molecule has 0 unspecified atom stereocenters. The predicted octanol–water partition coefficient (Wildman–Crippen LogP) is 5.50. The van der Waals surface area contributed by atoms with Gasteiger partial charge in [-0.25, -0.2) is 4.98 Å². The lowest BCUT2D eigenvalue weighted by atomic mass is 10.1. The van der Waals surface area contributed by atoms with Crippen molar-refractivity contribution in [2.24, 2.45) is 4.99 Å². The van der Waals surface area contributed by atoms with Crippen LogP contribution >= 0.6 is 0 Å². The molecule has 4 aromatic rings. The molecule has 0 bridgehead atoms. The molecule has 0 aliphatic heterocycles. The van der Waals surface area contributed by atoms with Crippen molar-refractivity contribution in [3.63, 3.8) is 0 Å². The molecule has 0 fully saturated rings. The van der Waals surface area contributed by atoms with Gasteiger partial charge in [0.1, 0.15) is 0 Å². The van der Waals surface area contributed by atoms with Crippen molar-refractivity contribution in [3.8, 4) is 0 Å². The minimum atomic E-state index is 0.832. The SMILES string of the molecule is Cc1nc(C=NCCCN(C)C)cc2c3ccccc3n(CCCc3ccccc3)c12. The number of fused-ring (bicyclic) bond motifs is 3. The van der Waals surface area contributed by atoms with Crippen molar-refractivity contribution in [2.45, 2.75) is 32.7 Å². The van der Waals surface area contributed by atoms with Crippen LogP contribution in [0.25, 0.3) is 21.8 Å². The summed E-state index contributed by atoms with van der Waals surface area (Å²) in [6.45, 7) is 5.00. The molecule has 0 saturated carbocycles. The molecule has 2 aromatic carbocycles. The Hall–Kier alpha value is -2.98. The third kappa shape index (κ3) is 5.02. The molecular weight excluding hydrogens is 380 g/mol. The standard InChI is InChI=1S/C27H32N4/c1-21-27-25(19-23(29-21)20-28-16-10-17-30(2)3)24-14-7-8-15-26(24)31(27)18-9-13-22-11-5-4-6-12-22/h4-8,11-12,14-15,19-20H,9-10,13,16-18H2,1-3H3. The van der Waals surface area contributed by atoms with E-state index in [1.54, 1.807) is 0 Å². The molecule has 31 heavy (non-hydrogen) atoms. The summed E-state index contributed by atoms with van der Waals surface area (Å²) in [6, 6.07) is 21.6. The highest BCUT2D eigenvalue weighted by atomic mass is 15.0. The second-order valence-corrected chi connectivity index (χ2v) is 8.48. The zero-order valence-corrected chi connectivity index (χ0v) is 18.9. The minimum absolute atomic E-state index is 0.832. The Kier molecular flexibility index (Phi) is 6.78. The highest BCUT2D eigenvalue weighted by Gasteiger charge is 2.14. The lowest BCUT2D eigenvalue weighted by Crippen LogP contribution is -2.13. The van der Waals surface area contributed by atoms with Crippen LogP contribution in [-0.2, 0) is 13.0 Å². The first-order chi connectivity index (χ1) is 15.1. The van der Waals surface area contributed by atoms with Crippen LogP contribution < -0.4 is 0 Å². The van der Waals surface area contributed by atoms with Crippen molar-refractivity contribution >= 4 is 28.0 Å². The highest BCUT2D eigenvalue weighted by Crippen LogP contribution is 2.31. The average molecular weight is 413 g/mol. The second kappa shape index (κ2) is 9.88. The lowest BCUT2D eigenvalue weighted by Gasteiger charge is -2.09. The average Bonchev–Trinajstić information content (AvgIpc) is 3.08. The first-order valence-electron chi connectivity index (χ1n) is 11.2. The molecule has 0 amide bonds. The number of aryl methyl sites for hydroxylation is 3. The molecule has 4 heteroatoms. The summed E-state index contributed by atoms with van der Waals surface area (Å²) in [4.78, 5) is 11.7. The van der Waals surface area contributed by atoms with Gasteiger partial charge in [-0.15, -0.1) is 0 Å². The number of rotatable bonds is 9. The van der Waals surface area contributed by atoms with Crippen LogP contribution in [0.15, 0.2) is 65.7 Å². The van der Waals surface area contributed by atoms with Crippen LogP contribution in [0.2, 0.25) is 0 Å². The van der Waals surface area contributed by atoms with Crippen LogP contribution in [0.4, 0.5) is 0 Å². The topological polar surface area (TPSA) is 33.4 Å². The molecule has 0 saturated heterocycles. The summed E-state index contributed by atoms with van der Waals surface area (Å²) in [5.74, 6) is 0. The molecule has 0 atom stereocenters. The van der Waals surface area contributed by atoms with E-state index < -0.39 is 0 Å². The van der Waals surface area contributed by atoms with Gasteiger partial charge in [0.15, 0.2) is 0 Å². The largest absolute Gasteiger partial charge is 0.339 e. The van der Waals surface area contributed by atoms with E-state index in [0.29, 0.717) is 0 Å². The number of benzene rings is 2. The van der Waals surface area contributed by atoms with E-state index in [-0.39, 0.29) is 0 Å². The predicted molar refractivity (Wildman–Crippen MR) is 132 cm³/mol. The van der Waals surface area contributed by atoms with Gasteiger partial charge in [0.2, 0.25) is 0 Å². The number of aromatic nitrogens is 2. The molecule has 2 aromatic heterocycles. The Balaban J connectivity index is 1.61. The lowest BCUT2D eigenvalue weighted by molar-refractivity contribution is 0.403. The Morgan fingerprint density at radius 2 is 1.74 bits per heavy atom. The van der Waals surface area contributed by atoms with Gasteiger partial charge in [0.05, 0.1) is 16.9 Å². The zero-order valence-electron chi connectivity index (χ0n) is 18.9. The van der Waals surface area contributed by atoms with E-state index >= 15 is 0 Å². The zero-order chi connectivity index (χ0) is 21.6. The van der Waals surface area contributed by atoms with Crippen LogP contribution in [0.3, 0.4) is 0 Å². The van der Waals surface area contributed by atoms with Gasteiger partial charge in [0, 0.05) is 35.6 Å². The molecule has 2 heterocycles. The number of hydrogen-bond donors (Lipinski definition) is 0. The quantitative estimate of drug-likeness (QED) is 0.269. The van der Waals surface area contributed by atoms with Gasteiger partial charge in [0.25, 0.3) is 0 Å². The molecule has 0 aliphatic carbocycles. The van der Waals surface area contributed by atoms with Crippen molar-refractivity contribution in [1.29, 1.82) is 0 Å². The van der Waals surface area contributed by atoms with E-state index in [0.717, 1.165) is 50.3 Å². The molecule has 0 N–H and O–H groups in total. The van der Waals surface area contributed by atoms with Gasteiger partial charge >= 0.3 is 0 Å². The van der Waals surface area contributed by atoms with Gasteiger partial charge in [-0.1, -0.05) is 48.5 Å². The van der Waals surface area contributed by atoms with Crippen LogP contribution in [0.1, 0.15) is 29.8 Å². The third-order valence-corrected chi connectivity index (χ3v) is 5.75. The summed E-state index contributed by atoms with van der Waals surface area (Å²) in [5, 5.41) is 2.57. The van der Waals surface area contributed by atoms with Crippen molar-refractivity contribution in [3.05, 3.63) is 77.6 Å². The van der Waals surface area contributed by atoms with Crippen LogP contribution in [0, 0.1) is 6.92 Å². The summed E-state index contributed by atoms with van der Waals surface area (Å²) in [7, 11) is 4.19. The fourth-order valence-electron chi connectivity index (χ4n) is 4.31. The summed E-state index contributed by atoms with van der Waals surface area (Å²) >= 11 is 0. The molecule has 4 rings (SSSR count). The number of para-hydroxylation sites is 1. The maximum Gasteiger partial charge on any atom is 0.0818 e. The molecule has 0 radical (unpaired) electrons. The normalized spacial score (nSPS) is 12.0. The molecular formula is C27H32N4. The summed E-state index contributed by atoms with van der Waals surface area (Å²) in [6.07, 6.45) is 5.18. The minimum Gasteiger partial charge on any atom is -0.339 e.